The van der Waals surface area contributed by atoms with Crippen LogP contribution in [0.1, 0.15) is 31.9 Å². The van der Waals surface area contributed by atoms with Crippen LogP contribution in [0, 0.1) is 6.92 Å². The van der Waals surface area contributed by atoms with E-state index in [9.17, 15) is 4.79 Å². The summed E-state index contributed by atoms with van der Waals surface area (Å²) in [4.78, 5) is 36.0. The predicted molar refractivity (Wildman–Crippen MR) is 111 cm³/mol. The van der Waals surface area contributed by atoms with Crippen LogP contribution in [0.25, 0.3) is 11.3 Å². The number of aryl methyl sites for hydroxylation is 1. The van der Waals surface area contributed by atoms with Gasteiger partial charge in [0.05, 0.1) is 11.4 Å². The van der Waals surface area contributed by atoms with Crippen LogP contribution < -0.4 is 15.4 Å². The van der Waals surface area contributed by atoms with Crippen LogP contribution in [-0.2, 0) is 0 Å². The highest BCUT2D eigenvalue weighted by molar-refractivity contribution is 5.62. The fourth-order valence-corrected chi connectivity index (χ4v) is 3.96. The minimum absolute atomic E-state index is 0.135. The third-order valence-corrected chi connectivity index (χ3v) is 5.73. The Balaban J connectivity index is 1.58. The smallest absolute Gasteiger partial charge is 0.252 e. The maximum atomic E-state index is 12.2. The summed E-state index contributed by atoms with van der Waals surface area (Å²) in [5.41, 5.74) is 2.18. The van der Waals surface area contributed by atoms with Gasteiger partial charge in [-0.1, -0.05) is 6.92 Å². The zero-order chi connectivity index (χ0) is 19.5. The fourth-order valence-electron chi connectivity index (χ4n) is 3.96. The molecule has 0 saturated carbocycles. The number of aromatic nitrogens is 4. The summed E-state index contributed by atoms with van der Waals surface area (Å²) in [5, 5.41) is 0. The molecule has 8 nitrogen and oxygen atoms in total. The van der Waals surface area contributed by atoms with Gasteiger partial charge in [-0.25, -0.2) is 15.0 Å². The summed E-state index contributed by atoms with van der Waals surface area (Å²) in [7, 11) is 0. The van der Waals surface area contributed by atoms with Gasteiger partial charge < -0.3 is 14.7 Å². The van der Waals surface area contributed by atoms with Crippen molar-refractivity contribution in [1.29, 1.82) is 0 Å². The van der Waals surface area contributed by atoms with Crippen molar-refractivity contribution in [3.63, 3.8) is 0 Å². The maximum Gasteiger partial charge on any atom is 0.252 e. The number of piperazine rings is 1. The van der Waals surface area contributed by atoms with E-state index in [1.165, 1.54) is 6.42 Å². The van der Waals surface area contributed by atoms with Crippen LogP contribution in [0.4, 0.5) is 11.9 Å². The first kappa shape index (κ1) is 18.9. The Kier molecular flexibility index (Phi) is 5.57. The number of nitrogens with zero attached hydrogens (tertiary/aromatic N) is 6. The lowest BCUT2D eigenvalue weighted by atomic mass is 10.1. The van der Waals surface area contributed by atoms with E-state index in [0.717, 1.165) is 75.9 Å². The molecule has 0 aliphatic carbocycles. The molecule has 2 fully saturated rings. The molecule has 1 N–H and O–H groups in total. The molecule has 2 aromatic heterocycles. The summed E-state index contributed by atoms with van der Waals surface area (Å²) in [5.74, 6) is 1.42. The molecule has 0 atom stereocenters. The highest BCUT2D eigenvalue weighted by Crippen LogP contribution is 2.23. The molecule has 28 heavy (non-hydrogen) atoms. The van der Waals surface area contributed by atoms with E-state index < -0.39 is 0 Å². The second-order valence-corrected chi connectivity index (χ2v) is 7.59. The summed E-state index contributed by atoms with van der Waals surface area (Å²) in [6, 6.07) is 1.54. The van der Waals surface area contributed by atoms with Crippen LogP contribution in [-0.4, -0.2) is 70.6 Å². The number of piperidine rings is 1. The number of H-pyrrole nitrogens is 1. The number of likely N-dealkylation sites (N-methyl/N-ethyl adjacent to an activating group) is 1. The van der Waals surface area contributed by atoms with E-state index in [0.29, 0.717) is 11.6 Å². The number of nitrogens with one attached hydrogen (secondary N) is 1. The molecule has 4 heterocycles. The van der Waals surface area contributed by atoms with Gasteiger partial charge in [0, 0.05) is 57.1 Å². The third-order valence-electron chi connectivity index (χ3n) is 5.73. The quantitative estimate of drug-likeness (QED) is 0.860. The predicted octanol–water partition coefficient (Wildman–Crippen LogP) is 1.67. The van der Waals surface area contributed by atoms with Crippen LogP contribution in [0.15, 0.2) is 17.1 Å². The Labute approximate surface area is 165 Å². The van der Waals surface area contributed by atoms with Crippen molar-refractivity contribution in [2.45, 2.75) is 33.1 Å². The SMILES string of the molecule is CCN1CCN(c2ncc(-c3cc(=O)[nH]c(N4CCCCC4)n3)c(C)n2)CC1. The Morgan fingerprint density at radius 1 is 1.00 bits per heavy atom. The highest BCUT2D eigenvalue weighted by atomic mass is 16.1. The van der Waals surface area contributed by atoms with Crippen LogP contribution >= 0.6 is 0 Å². The van der Waals surface area contributed by atoms with E-state index in [4.69, 9.17) is 9.97 Å². The lowest BCUT2D eigenvalue weighted by Gasteiger charge is -2.34. The summed E-state index contributed by atoms with van der Waals surface area (Å²) in [6.07, 6.45) is 5.32. The first-order chi connectivity index (χ1) is 13.6. The zero-order valence-electron chi connectivity index (χ0n) is 16.8. The molecule has 8 heteroatoms. The van der Waals surface area contributed by atoms with Crippen LogP contribution in [0.3, 0.4) is 0 Å². The maximum absolute atomic E-state index is 12.2. The molecule has 2 aliphatic rings. The minimum atomic E-state index is -0.135. The topological polar surface area (TPSA) is 81.2 Å². The van der Waals surface area contributed by atoms with Crippen LogP contribution in [0.5, 0.6) is 0 Å². The average Bonchev–Trinajstić information content (AvgIpc) is 2.74. The van der Waals surface area contributed by atoms with Crippen molar-refractivity contribution in [2.24, 2.45) is 0 Å². The lowest BCUT2D eigenvalue weighted by molar-refractivity contribution is 0.270. The molecule has 2 saturated heterocycles. The van der Waals surface area contributed by atoms with E-state index in [1.807, 2.05) is 13.1 Å². The second kappa shape index (κ2) is 8.26. The number of hydrogen-bond donors (Lipinski definition) is 1. The number of aromatic amines is 1. The Morgan fingerprint density at radius 3 is 2.43 bits per heavy atom. The average molecular weight is 384 g/mol. The highest BCUT2D eigenvalue weighted by Gasteiger charge is 2.20. The molecule has 2 aliphatic heterocycles. The van der Waals surface area contributed by atoms with Crippen molar-refractivity contribution in [1.82, 2.24) is 24.8 Å². The van der Waals surface area contributed by atoms with Crippen molar-refractivity contribution in [2.75, 3.05) is 55.6 Å². The van der Waals surface area contributed by atoms with Gasteiger partial charge in [0.2, 0.25) is 11.9 Å². The zero-order valence-corrected chi connectivity index (χ0v) is 16.8. The number of rotatable bonds is 4. The molecular formula is C20H29N7O. The molecule has 2 aromatic rings. The van der Waals surface area contributed by atoms with E-state index >= 15 is 0 Å². The largest absolute Gasteiger partial charge is 0.342 e. The van der Waals surface area contributed by atoms with Gasteiger partial charge in [-0.2, -0.15) is 0 Å². The van der Waals surface area contributed by atoms with Gasteiger partial charge in [-0.15, -0.1) is 0 Å². The molecule has 0 amide bonds. The van der Waals surface area contributed by atoms with E-state index in [1.54, 1.807) is 6.07 Å². The van der Waals surface area contributed by atoms with Crippen LogP contribution in [0.2, 0.25) is 0 Å². The molecule has 0 aromatic carbocycles. The monoisotopic (exact) mass is 383 g/mol. The summed E-state index contributed by atoms with van der Waals surface area (Å²) in [6.45, 7) is 11.1. The molecular weight excluding hydrogens is 354 g/mol. The Bertz CT molecular complexity index is 867. The van der Waals surface area contributed by atoms with E-state index in [-0.39, 0.29) is 5.56 Å². The van der Waals surface area contributed by atoms with Gasteiger partial charge in [0.15, 0.2) is 0 Å². The summed E-state index contributed by atoms with van der Waals surface area (Å²) < 4.78 is 0. The molecule has 0 bridgehead atoms. The molecule has 0 spiro atoms. The molecule has 150 valence electrons. The Hall–Kier alpha value is -2.48. The van der Waals surface area contributed by atoms with Gasteiger partial charge in [0.25, 0.3) is 5.56 Å². The molecule has 0 unspecified atom stereocenters. The Morgan fingerprint density at radius 2 is 1.75 bits per heavy atom. The molecule has 4 rings (SSSR count). The van der Waals surface area contributed by atoms with Gasteiger partial charge in [0.1, 0.15) is 0 Å². The summed E-state index contributed by atoms with van der Waals surface area (Å²) >= 11 is 0. The van der Waals surface area contributed by atoms with Gasteiger partial charge in [-0.3, -0.25) is 9.78 Å². The van der Waals surface area contributed by atoms with Crippen molar-refractivity contribution < 1.29 is 0 Å². The lowest BCUT2D eigenvalue weighted by Crippen LogP contribution is -2.46. The van der Waals surface area contributed by atoms with Gasteiger partial charge >= 0.3 is 0 Å². The number of anilines is 2. The number of hydrogen-bond acceptors (Lipinski definition) is 7. The third kappa shape index (κ3) is 4.01. The fraction of sp³-hybridized carbons (Fsp3) is 0.600. The molecule has 0 radical (unpaired) electrons. The van der Waals surface area contributed by atoms with Crippen molar-refractivity contribution in [3.8, 4) is 11.3 Å². The standard InChI is InChI=1S/C20H29N7O/c1-3-25-9-11-27(12-10-25)19-21-14-16(15(2)22-19)17-13-18(28)24-20(23-17)26-7-5-4-6-8-26/h13-14H,3-12H2,1-2H3,(H,23,24,28). The van der Waals surface area contributed by atoms with Crippen molar-refractivity contribution >= 4 is 11.9 Å². The van der Waals surface area contributed by atoms with Crippen molar-refractivity contribution in [3.05, 3.63) is 28.3 Å². The second-order valence-electron chi connectivity index (χ2n) is 7.59. The first-order valence-corrected chi connectivity index (χ1v) is 10.3. The van der Waals surface area contributed by atoms with E-state index in [2.05, 4.69) is 31.6 Å². The minimum Gasteiger partial charge on any atom is -0.342 e. The normalized spacial score (nSPS) is 18.5. The first-order valence-electron chi connectivity index (χ1n) is 10.3. The van der Waals surface area contributed by atoms with Gasteiger partial charge in [-0.05, 0) is 32.7 Å².